The predicted molar refractivity (Wildman–Crippen MR) is 131 cm³/mol. The number of hydrogen-bond donors (Lipinski definition) is 2. The van der Waals surface area contributed by atoms with Gasteiger partial charge in [-0.25, -0.2) is 19.2 Å². The maximum atomic E-state index is 14.3. The van der Waals surface area contributed by atoms with Crippen molar-refractivity contribution in [3.05, 3.63) is 90.1 Å². The SMILES string of the molecule is CCOC(=O)c1cnccc1Nc1nc(-c2nn(Cc3ccccc3F)c3ccccc23)ncc1O. The number of halogens is 1. The number of carbonyl (C=O) groups excluding carboxylic acids is 1. The van der Waals surface area contributed by atoms with Crippen LogP contribution < -0.4 is 5.32 Å². The number of nitrogens with one attached hydrogen (secondary N) is 1. The molecule has 2 N–H and O–H groups in total. The summed E-state index contributed by atoms with van der Waals surface area (Å²) in [5.74, 6) is -0.781. The molecule has 0 spiro atoms. The van der Waals surface area contributed by atoms with E-state index < -0.39 is 5.97 Å². The number of ether oxygens (including phenoxy) is 1. The van der Waals surface area contributed by atoms with E-state index >= 15 is 0 Å². The van der Waals surface area contributed by atoms with Gasteiger partial charge >= 0.3 is 5.97 Å². The highest BCUT2D eigenvalue weighted by Gasteiger charge is 2.19. The second-order valence-electron chi connectivity index (χ2n) is 7.81. The summed E-state index contributed by atoms with van der Waals surface area (Å²) in [4.78, 5) is 25.0. The molecule has 0 saturated carbocycles. The topological polar surface area (TPSA) is 115 Å². The molecule has 180 valence electrons. The Morgan fingerprint density at radius 1 is 1.11 bits per heavy atom. The highest BCUT2D eigenvalue weighted by Crippen LogP contribution is 2.31. The lowest BCUT2D eigenvalue weighted by molar-refractivity contribution is 0.0527. The lowest BCUT2D eigenvalue weighted by Gasteiger charge is -2.11. The molecule has 0 aliphatic heterocycles. The Kier molecular flexibility index (Phi) is 6.23. The van der Waals surface area contributed by atoms with Gasteiger partial charge in [0.1, 0.15) is 17.1 Å². The smallest absolute Gasteiger partial charge is 0.341 e. The minimum Gasteiger partial charge on any atom is -0.503 e. The number of pyridine rings is 1. The number of aromatic hydroxyl groups is 1. The van der Waals surface area contributed by atoms with Gasteiger partial charge in [-0.2, -0.15) is 5.10 Å². The van der Waals surface area contributed by atoms with Gasteiger partial charge in [0, 0.05) is 23.3 Å². The molecule has 0 amide bonds. The van der Waals surface area contributed by atoms with Crippen molar-refractivity contribution in [3.8, 4) is 17.3 Å². The third kappa shape index (κ3) is 4.43. The Bertz CT molecular complexity index is 1570. The molecule has 5 rings (SSSR count). The van der Waals surface area contributed by atoms with Crippen LogP contribution in [0.1, 0.15) is 22.8 Å². The van der Waals surface area contributed by atoms with Crippen molar-refractivity contribution in [2.75, 3.05) is 11.9 Å². The zero-order valence-corrected chi connectivity index (χ0v) is 19.2. The zero-order valence-electron chi connectivity index (χ0n) is 19.2. The molecule has 2 aromatic carbocycles. The van der Waals surface area contributed by atoms with Crippen LogP contribution in [0.15, 0.2) is 73.2 Å². The summed E-state index contributed by atoms with van der Waals surface area (Å²) in [5, 5.41) is 18.8. The van der Waals surface area contributed by atoms with Crippen LogP contribution in [0.3, 0.4) is 0 Å². The minimum absolute atomic E-state index is 0.0736. The second kappa shape index (κ2) is 9.79. The van der Waals surface area contributed by atoms with E-state index in [1.807, 2.05) is 24.3 Å². The summed E-state index contributed by atoms with van der Waals surface area (Å²) in [5.41, 5.74) is 2.29. The maximum Gasteiger partial charge on any atom is 0.341 e. The summed E-state index contributed by atoms with van der Waals surface area (Å²) in [7, 11) is 0. The van der Waals surface area contributed by atoms with E-state index in [0.717, 1.165) is 10.9 Å². The van der Waals surface area contributed by atoms with Crippen LogP contribution in [0.25, 0.3) is 22.4 Å². The third-order valence-corrected chi connectivity index (χ3v) is 5.49. The van der Waals surface area contributed by atoms with Crippen LogP contribution in [0.2, 0.25) is 0 Å². The summed E-state index contributed by atoms with van der Waals surface area (Å²) < 4.78 is 21.1. The standard InChI is InChI=1S/C26H21FN6O3/c1-2-36-26(35)18-13-28-12-11-20(18)30-24-22(34)14-29-25(31-24)23-17-8-4-6-10-21(17)33(32-23)15-16-7-3-5-9-19(16)27/h3-14,34H,2,15H2,1H3,(H,28,29,30,31). The number of para-hydroxylation sites is 1. The molecule has 10 heteroatoms. The lowest BCUT2D eigenvalue weighted by Crippen LogP contribution is -2.09. The molecular formula is C26H21FN6O3. The van der Waals surface area contributed by atoms with Crippen molar-refractivity contribution in [1.29, 1.82) is 0 Å². The Balaban J connectivity index is 1.54. The van der Waals surface area contributed by atoms with E-state index in [1.165, 1.54) is 24.7 Å². The first-order valence-electron chi connectivity index (χ1n) is 11.2. The fourth-order valence-electron chi connectivity index (χ4n) is 3.79. The number of aromatic nitrogens is 5. The fraction of sp³-hybridized carbons (Fsp3) is 0.115. The van der Waals surface area contributed by atoms with Crippen LogP contribution in [0.4, 0.5) is 15.9 Å². The van der Waals surface area contributed by atoms with Crippen LogP contribution in [0.5, 0.6) is 5.75 Å². The Hall–Kier alpha value is -4.86. The van der Waals surface area contributed by atoms with Crippen LogP contribution in [-0.2, 0) is 11.3 Å². The van der Waals surface area contributed by atoms with E-state index in [2.05, 4.69) is 25.4 Å². The quantitative estimate of drug-likeness (QED) is 0.320. The summed E-state index contributed by atoms with van der Waals surface area (Å²) in [6, 6.07) is 15.6. The molecule has 5 aromatic rings. The Morgan fingerprint density at radius 2 is 1.92 bits per heavy atom. The van der Waals surface area contributed by atoms with Crippen molar-refractivity contribution in [2.24, 2.45) is 0 Å². The molecular weight excluding hydrogens is 463 g/mol. The van der Waals surface area contributed by atoms with Crippen molar-refractivity contribution >= 4 is 28.4 Å². The van der Waals surface area contributed by atoms with Gasteiger partial charge in [-0.1, -0.05) is 36.4 Å². The number of esters is 1. The molecule has 0 aliphatic rings. The van der Waals surface area contributed by atoms with E-state index in [1.54, 1.807) is 35.9 Å². The lowest BCUT2D eigenvalue weighted by atomic mass is 10.2. The number of fused-ring (bicyclic) bond motifs is 1. The molecule has 36 heavy (non-hydrogen) atoms. The monoisotopic (exact) mass is 484 g/mol. The molecule has 3 heterocycles. The van der Waals surface area contributed by atoms with Gasteiger partial charge in [0.25, 0.3) is 0 Å². The van der Waals surface area contributed by atoms with Gasteiger partial charge in [0.2, 0.25) is 0 Å². The highest BCUT2D eigenvalue weighted by atomic mass is 19.1. The molecule has 0 radical (unpaired) electrons. The first-order chi connectivity index (χ1) is 17.5. The molecule has 0 aliphatic carbocycles. The van der Waals surface area contributed by atoms with Crippen molar-refractivity contribution < 1.29 is 19.0 Å². The molecule has 0 fully saturated rings. The maximum absolute atomic E-state index is 14.3. The molecule has 0 atom stereocenters. The van der Waals surface area contributed by atoms with Crippen molar-refractivity contribution in [3.63, 3.8) is 0 Å². The largest absolute Gasteiger partial charge is 0.503 e. The number of benzene rings is 2. The van der Waals surface area contributed by atoms with Gasteiger partial charge in [-0.3, -0.25) is 9.67 Å². The third-order valence-electron chi connectivity index (χ3n) is 5.49. The van der Waals surface area contributed by atoms with E-state index in [-0.39, 0.29) is 41.9 Å². The number of carbonyl (C=O) groups is 1. The Morgan fingerprint density at radius 3 is 2.75 bits per heavy atom. The van der Waals surface area contributed by atoms with Crippen molar-refractivity contribution in [2.45, 2.75) is 13.5 Å². The van der Waals surface area contributed by atoms with Gasteiger partial charge in [0.15, 0.2) is 17.4 Å². The second-order valence-corrected chi connectivity index (χ2v) is 7.81. The molecule has 0 bridgehead atoms. The normalized spacial score (nSPS) is 10.9. The first-order valence-corrected chi connectivity index (χ1v) is 11.2. The number of nitrogens with zero attached hydrogens (tertiary/aromatic N) is 5. The summed E-state index contributed by atoms with van der Waals surface area (Å²) >= 11 is 0. The van der Waals surface area contributed by atoms with Gasteiger partial charge in [0.05, 0.1) is 30.6 Å². The van der Waals surface area contributed by atoms with Gasteiger partial charge in [-0.05, 0) is 25.1 Å². The minimum atomic E-state index is -0.556. The van der Waals surface area contributed by atoms with E-state index in [0.29, 0.717) is 16.9 Å². The predicted octanol–water partition coefficient (Wildman–Crippen LogP) is 4.70. The van der Waals surface area contributed by atoms with Crippen LogP contribution in [-0.4, -0.2) is 42.4 Å². The van der Waals surface area contributed by atoms with Crippen LogP contribution in [0, 0.1) is 5.82 Å². The molecule has 0 saturated heterocycles. The highest BCUT2D eigenvalue weighted by molar-refractivity contribution is 5.96. The number of rotatable bonds is 7. The Labute approximate surface area is 205 Å². The average molecular weight is 484 g/mol. The number of anilines is 2. The van der Waals surface area contributed by atoms with Crippen molar-refractivity contribution in [1.82, 2.24) is 24.7 Å². The van der Waals surface area contributed by atoms with Gasteiger partial charge < -0.3 is 15.2 Å². The van der Waals surface area contributed by atoms with Crippen LogP contribution >= 0.6 is 0 Å². The van der Waals surface area contributed by atoms with E-state index in [9.17, 15) is 14.3 Å². The fourth-order valence-corrected chi connectivity index (χ4v) is 3.79. The summed E-state index contributed by atoms with van der Waals surface area (Å²) in [6.45, 7) is 2.13. The summed E-state index contributed by atoms with van der Waals surface area (Å²) in [6.07, 6.45) is 4.13. The first kappa shape index (κ1) is 22.9. The molecule has 9 nitrogen and oxygen atoms in total. The molecule has 3 aromatic heterocycles. The van der Waals surface area contributed by atoms with Gasteiger partial charge in [-0.15, -0.1) is 0 Å². The zero-order chi connectivity index (χ0) is 25.1. The number of hydrogen-bond acceptors (Lipinski definition) is 8. The van der Waals surface area contributed by atoms with E-state index in [4.69, 9.17) is 4.74 Å². The molecule has 0 unspecified atom stereocenters. The average Bonchev–Trinajstić information content (AvgIpc) is 3.25.